The topological polar surface area (TPSA) is 65.2 Å². The molecule has 0 saturated heterocycles. The molecule has 0 radical (unpaired) electrons. The number of rotatable bonds is 0. The summed E-state index contributed by atoms with van der Waals surface area (Å²) >= 11 is 0. The van der Waals surface area contributed by atoms with Crippen LogP contribution >= 0.6 is 0 Å². The van der Waals surface area contributed by atoms with Gasteiger partial charge in [-0.15, -0.1) is 0 Å². The van der Waals surface area contributed by atoms with Gasteiger partial charge < -0.3 is 15.9 Å². The summed E-state index contributed by atoms with van der Waals surface area (Å²) in [5.74, 6) is 0.476. The van der Waals surface area contributed by atoms with Gasteiger partial charge in [0.15, 0.2) is 5.88 Å². The molecule has 0 bridgehead atoms. The zero-order valence-electron chi connectivity index (χ0n) is 7.72. The van der Waals surface area contributed by atoms with Gasteiger partial charge in [-0.25, -0.2) is 0 Å². The predicted molar refractivity (Wildman–Crippen MR) is 54.5 cm³/mol. The summed E-state index contributed by atoms with van der Waals surface area (Å²) in [7, 11) is 0. The Morgan fingerprint density at radius 1 is 1.15 bits per heavy atom. The van der Waals surface area contributed by atoms with Crippen LogP contribution in [0.4, 0.5) is 11.6 Å². The molecule has 0 aliphatic carbocycles. The van der Waals surface area contributed by atoms with Crippen LogP contribution in [0.15, 0.2) is 16.5 Å². The van der Waals surface area contributed by atoms with E-state index in [1.54, 1.807) is 0 Å². The Labute approximate surface area is 76.3 Å². The van der Waals surface area contributed by atoms with Gasteiger partial charge in [-0.1, -0.05) is 0 Å². The summed E-state index contributed by atoms with van der Waals surface area (Å²) in [6.45, 7) is 3.89. The van der Waals surface area contributed by atoms with Crippen LogP contribution in [0.3, 0.4) is 0 Å². The quantitative estimate of drug-likeness (QED) is 0.605. The van der Waals surface area contributed by atoms with E-state index in [2.05, 4.69) is 0 Å². The maximum absolute atomic E-state index is 5.72. The van der Waals surface area contributed by atoms with E-state index in [0.717, 1.165) is 27.8 Å². The van der Waals surface area contributed by atoms with Crippen molar-refractivity contribution < 1.29 is 4.42 Å². The first-order valence-corrected chi connectivity index (χ1v) is 4.14. The van der Waals surface area contributed by atoms with E-state index in [1.165, 1.54) is 0 Å². The van der Waals surface area contributed by atoms with Gasteiger partial charge in [0.05, 0.1) is 0 Å². The van der Waals surface area contributed by atoms with Gasteiger partial charge in [0.1, 0.15) is 5.58 Å². The summed E-state index contributed by atoms with van der Waals surface area (Å²) in [6.07, 6.45) is 0. The van der Waals surface area contributed by atoms with Crippen molar-refractivity contribution in [1.82, 2.24) is 0 Å². The molecule has 1 heterocycles. The highest BCUT2D eigenvalue weighted by Crippen LogP contribution is 2.30. The number of anilines is 2. The minimum absolute atomic E-state index is 0.476. The lowest BCUT2D eigenvalue weighted by atomic mass is 10.1. The van der Waals surface area contributed by atoms with Gasteiger partial charge in [0.25, 0.3) is 0 Å². The van der Waals surface area contributed by atoms with Crippen molar-refractivity contribution in [3.63, 3.8) is 0 Å². The number of hydrogen-bond acceptors (Lipinski definition) is 3. The molecule has 2 rings (SSSR count). The second kappa shape index (κ2) is 2.42. The second-order valence-corrected chi connectivity index (χ2v) is 3.31. The molecule has 0 saturated carbocycles. The van der Waals surface area contributed by atoms with E-state index in [9.17, 15) is 0 Å². The Kier molecular flexibility index (Phi) is 1.49. The monoisotopic (exact) mass is 176 g/mol. The molecule has 4 N–H and O–H groups in total. The molecule has 13 heavy (non-hydrogen) atoms. The standard InChI is InChI=1S/C10H12N2O/c1-5-3-7(11)4-8-6(2)10(12)13-9(5)8/h3-4H,11-12H2,1-2H3. The molecule has 1 aromatic heterocycles. The number of furan rings is 1. The normalized spacial score (nSPS) is 10.9. The maximum atomic E-state index is 5.72. The third kappa shape index (κ3) is 1.04. The van der Waals surface area contributed by atoms with Crippen LogP contribution in [0.25, 0.3) is 11.0 Å². The molecule has 0 aliphatic rings. The van der Waals surface area contributed by atoms with E-state index in [-0.39, 0.29) is 0 Å². The highest BCUT2D eigenvalue weighted by Gasteiger charge is 2.09. The van der Waals surface area contributed by atoms with Crippen LogP contribution in [-0.2, 0) is 0 Å². The molecule has 0 fully saturated rings. The Morgan fingerprint density at radius 2 is 1.85 bits per heavy atom. The van der Waals surface area contributed by atoms with Crippen LogP contribution in [0.1, 0.15) is 11.1 Å². The van der Waals surface area contributed by atoms with Gasteiger partial charge in [0.2, 0.25) is 0 Å². The molecule has 0 spiro atoms. The highest BCUT2D eigenvalue weighted by molar-refractivity contribution is 5.90. The Bertz CT molecular complexity index is 471. The number of nitrogen functional groups attached to an aromatic ring is 2. The number of nitrogens with two attached hydrogens (primary N) is 2. The third-order valence-corrected chi connectivity index (χ3v) is 2.28. The van der Waals surface area contributed by atoms with Crippen molar-refractivity contribution in [2.75, 3.05) is 11.5 Å². The zero-order valence-corrected chi connectivity index (χ0v) is 7.72. The average molecular weight is 176 g/mol. The smallest absolute Gasteiger partial charge is 0.194 e. The van der Waals surface area contributed by atoms with E-state index in [4.69, 9.17) is 15.9 Å². The fourth-order valence-corrected chi connectivity index (χ4v) is 1.54. The number of fused-ring (bicyclic) bond motifs is 1. The van der Waals surface area contributed by atoms with Crippen molar-refractivity contribution in [2.24, 2.45) is 0 Å². The van der Waals surface area contributed by atoms with Crippen LogP contribution in [-0.4, -0.2) is 0 Å². The number of benzene rings is 1. The summed E-state index contributed by atoms with van der Waals surface area (Å²) < 4.78 is 5.41. The largest absolute Gasteiger partial charge is 0.440 e. The SMILES string of the molecule is Cc1c(N)oc2c(C)cc(N)cc12. The van der Waals surface area contributed by atoms with Gasteiger partial charge in [-0.3, -0.25) is 0 Å². The fourth-order valence-electron chi connectivity index (χ4n) is 1.54. The molecule has 2 aromatic rings. The first-order valence-electron chi connectivity index (χ1n) is 4.14. The lowest BCUT2D eigenvalue weighted by molar-refractivity contribution is 0.632. The van der Waals surface area contributed by atoms with Crippen molar-refractivity contribution in [2.45, 2.75) is 13.8 Å². The molecule has 0 atom stereocenters. The lowest BCUT2D eigenvalue weighted by Gasteiger charge is -1.97. The molecule has 0 unspecified atom stereocenters. The van der Waals surface area contributed by atoms with Crippen LogP contribution in [0.5, 0.6) is 0 Å². The third-order valence-electron chi connectivity index (χ3n) is 2.28. The zero-order chi connectivity index (χ0) is 9.59. The van der Waals surface area contributed by atoms with Gasteiger partial charge >= 0.3 is 0 Å². The Hall–Kier alpha value is -1.64. The van der Waals surface area contributed by atoms with E-state index < -0.39 is 0 Å². The molecule has 68 valence electrons. The second-order valence-electron chi connectivity index (χ2n) is 3.31. The molecule has 3 nitrogen and oxygen atoms in total. The van der Waals surface area contributed by atoms with E-state index >= 15 is 0 Å². The lowest BCUT2D eigenvalue weighted by Crippen LogP contribution is -1.86. The van der Waals surface area contributed by atoms with Crippen molar-refractivity contribution in [3.8, 4) is 0 Å². The average Bonchev–Trinajstić information content (AvgIpc) is 2.32. The molecule has 0 aliphatic heterocycles. The highest BCUT2D eigenvalue weighted by atomic mass is 16.3. The minimum atomic E-state index is 0.476. The van der Waals surface area contributed by atoms with E-state index in [0.29, 0.717) is 5.88 Å². The van der Waals surface area contributed by atoms with Gasteiger partial charge in [-0.2, -0.15) is 0 Å². The summed E-state index contributed by atoms with van der Waals surface area (Å²) in [5.41, 5.74) is 15.0. The number of hydrogen-bond donors (Lipinski definition) is 2. The summed E-state index contributed by atoms with van der Waals surface area (Å²) in [5, 5.41) is 1.01. The Balaban J connectivity index is 2.94. The van der Waals surface area contributed by atoms with E-state index in [1.807, 2.05) is 26.0 Å². The van der Waals surface area contributed by atoms with Crippen LogP contribution in [0.2, 0.25) is 0 Å². The molecule has 0 amide bonds. The first-order chi connectivity index (χ1) is 6.09. The molecular formula is C10H12N2O. The summed E-state index contributed by atoms with van der Waals surface area (Å²) in [4.78, 5) is 0. The van der Waals surface area contributed by atoms with Crippen molar-refractivity contribution in [1.29, 1.82) is 0 Å². The maximum Gasteiger partial charge on any atom is 0.194 e. The van der Waals surface area contributed by atoms with Gasteiger partial charge in [-0.05, 0) is 31.5 Å². The van der Waals surface area contributed by atoms with Crippen molar-refractivity contribution >= 4 is 22.5 Å². The fraction of sp³-hybridized carbons (Fsp3) is 0.200. The Morgan fingerprint density at radius 3 is 2.54 bits per heavy atom. The molecule has 1 aromatic carbocycles. The first kappa shape index (κ1) is 7.98. The van der Waals surface area contributed by atoms with Gasteiger partial charge in [0, 0.05) is 16.6 Å². The minimum Gasteiger partial charge on any atom is -0.440 e. The van der Waals surface area contributed by atoms with Crippen LogP contribution < -0.4 is 11.5 Å². The van der Waals surface area contributed by atoms with Crippen molar-refractivity contribution in [3.05, 3.63) is 23.3 Å². The predicted octanol–water partition coefficient (Wildman–Crippen LogP) is 2.21. The molecule has 3 heteroatoms. The molecular weight excluding hydrogens is 164 g/mol. The summed E-state index contributed by atoms with van der Waals surface area (Å²) in [6, 6.07) is 3.77. The van der Waals surface area contributed by atoms with Crippen LogP contribution in [0, 0.1) is 13.8 Å². The number of aryl methyl sites for hydroxylation is 2.